The molecule has 7 nitrogen and oxygen atoms in total. The van der Waals surface area contributed by atoms with Gasteiger partial charge in [0.25, 0.3) is 5.91 Å². The summed E-state index contributed by atoms with van der Waals surface area (Å²) in [5.74, 6) is 1.22. The molecular weight excluding hydrogens is 414 g/mol. The van der Waals surface area contributed by atoms with Crippen LogP contribution in [0, 0.1) is 0 Å². The van der Waals surface area contributed by atoms with Gasteiger partial charge in [-0.25, -0.2) is 0 Å². The Morgan fingerprint density at radius 2 is 1.73 bits per heavy atom. The summed E-state index contributed by atoms with van der Waals surface area (Å²) in [5, 5.41) is 3.39. The van der Waals surface area contributed by atoms with Crippen molar-refractivity contribution < 1.29 is 9.53 Å². The van der Waals surface area contributed by atoms with Gasteiger partial charge in [-0.1, -0.05) is 18.2 Å². The van der Waals surface area contributed by atoms with Gasteiger partial charge in [0.15, 0.2) is 0 Å². The molecule has 2 N–H and O–H groups in total. The zero-order valence-electron chi connectivity index (χ0n) is 18.7. The summed E-state index contributed by atoms with van der Waals surface area (Å²) in [6, 6.07) is 16.1. The Kier molecular flexibility index (Phi) is 6.51. The van der Waals surface area contributed by atoms with Gasteiger partial charge in [0.2, 0.25) is 0 Å². The van der Waals surface area contributed by atoms with Crippen molar-refractivity contribution in [2.24, 2.45) is 0 Å². The number of morpholine rings is 1. The van der Waals surface area contributed by atoms with E-state index in [0.29, 0.717) is 31.9 Å². The van der Waals surface area contributed by atoms with E-state index in [1.807, 2.05) is 53.6 Å². The van der Waals surface area contributed by atoms with Gasteiger partial charge in [-0.15, -0.1) is 0 Å². The molecule has 0 radical (unpaired) electrons. The number of H-pyrrole nitrogens is 1. The SMILES string of the molecule is O=C(c1ccc(/C=C/c2cc(-c3ccc(N4CCNCC4)[nH]3)ccn2)cc1)N1CCOCC1. The molecule has 2 fully saturated rings. The number of amides is 1. The molecule has 0 atom stereocenters. The molecular formula is C26H29N5O2. The second-order valence-electron chi connectivity index (χ2n) is 8.32. The van der Waals surface area contributed by atoms with E-state index in [1.165, 1.54) is 0 Å². The standard InChI is InChI=1S/C26H29N5O2/c32-26(31-15-17-33-18-16-31)21-4-1-20(2-5-21)3-6-23-19-22(9-10-28-23)24-7-8-25(29-24)30-13-11-27-12-14-30/h1-10,19,27,29H,11-18H2/b6-3+. The fourth-order valence-electron chi connectivity index (χ4n) is 4.22. The Balaban J connectivity index is 1.25. The van der Waals surface area contributed by atoms with Crippen molar-refractivity contribution in [1.29, 1.82) is 0 Å². The normalized spacial score (nSPS) is 17.0. The number of rotatable bonds is 5. The van der Waals surface area contributed by atoms with Crippen molar-refractivity contribution in [3.05, 3.63) is 71.5 Å². The molecule has 0 unspecified atom stereocenters. The van der Waals surface area contributed by atoms with Crippen molar-refractivity contribution in [2.75, 3.05) is 57.4 Å². The van der Waals surface area contributed by atoms with E-state index in [9.17, 15) is 4.79 Å². The van der Waals surface area contributed by atoms with Gasteiger partial charge in [0.05, 0.1) is 18.9 Å². The molecule has 2 saturated heterocycles. The number of nitrogens with zero attached hydrogens (tertiary/aromatic N) is 3. The molecule has 33 heavy (non-hydrogen) atoms. The second-order valence-corrected chi connectivity index (χ2v) is 8.32. The lowest BCUT2D eigenvalue weighted by atomic mass is 10.1. The fraction of sp³-hybridized carbons (Fsp3) is 0.308. The Labute approximate surface area is 194 Å². The van der Waals surface area contributed by atoms with Crippen LogP contribution in [-0.4, -0.2) is 73.3 Å². The first kappa shape index (κ1) is 21.4. The summed E-state index contributed by atoms with van der Waals surface area (Å²) < 4.78 is 5.33. The summed E-state index contributed by atoms with van der Waals surface area (Å²) in [6.45, 7) is 6.58. The predicted molar refractivity (Wildman–Crippen MR) is 131 cm³/mol. The van der Waals surface area contributed by atoms with E-state index in [2.05, 4.69) is 38.4 Å². The number of aromatic nitrogens is 2. The van der Waals surface area contributed by atoms with Crippen LogP contribution >= 0.6 is 0 Å². The average molecular weight is 444 g/mol. The van der Waals surface area contributed by atoms with E-state index in [4.69, 9.17) is 4.74 Å². The molecule has 3 aromatic rings. The summed E-state index contributed by atoms with van der Waals surface area (Å²) in [7, 11) is 0. The Morgan fingerprint density at radius 3 is 2.52 bits per heavy atom. The minimum atomic E-state index is 0.0642. The van der Waals surface area contributed by atoms with E-state index in [0.717, 1.165) is 54.5 Å². The number of hydrogen-bond donors (Lipinski definition) is 2. The number of anilines is 1. The number of hydrogen-bond acceptors (Lipinski definition) is 5. The summed E-state index contributed by atoms with van der Waals surface area (Å²) in [5.41, 5.74) is 4.83. The molecule has 7 heteroatoms. The number of nitrogens with one attached hydrogen (secondary N) is 2. The van der Waals surface area contributed by atoms with Crippen LogP contribution in [0.25, 0.3) is 23.4 Å². The Hall–Kier alpha value is -3.42. The maximum atomic E-state index is 12.6. The van der Waals surface area contributed by atoms with Gasteiger partial charge < -0.3 is 24.8 Å². The third kappa shape index (κ3) is 5.16. The quantitative estimate of drug-likeness (QED) is 0.634. The number of benzene rings is 1. The number of pyridine rings is 1. The first-order valence-corrected chi connectivity index (χ1v) is 11.5. The molecule has 2 aliphatic heterocycles. The smallest absolute Gasteiger partial charge is 0.254 e. The molecule has 0 spiro atoms. The monoisotopic (exact) mass is 443 g/mol. The van der Waals surface area contributed by atoms with Crippen LogP contribution in [0.5, 0.6) is 0 Å². The van der Waals surface area contributed by atoms with Crippen molar-refractivity contribution in [2.45, 2.75) is 0 Å². The zero-order valence-corrected chi connectivity index (χ0v) is 18.7. The summed E-state index contributed by atoms with van der Waals surface area (Å²) >= 11 is 0. The molecule has 1 amide bonds. The predicted octanol–water partition coefficient (Wildman–Crippen LogP) is 3.13. The molecule has 0 aliphatic carbocycles. The molecule has 0 saturated carbocycles. The maximum Gasteiger partial charge on any atom is 0.254 e. The molecule has 170 valence electrons. The highest BCUT2D eigenvalue weighted by Gasteiger charge is 2.18. The number of aromatic amines is 1. The molecule has 2 aromatic heterocycles. The zero-order chi connectivity index (χ0) is 22.5. The number of carbonyl (C=O) groups excluding carboxylic acids is 1. The highest BCUT2D eigenvalue weighted by molar-refractivity contribution is 5.94. The highest BCUT2D eigenvalue weighted by Crippen LogP contribution is 2.24. The molecule has 1 aromatic carbocycles. The molecule has 4 heterocycles. The lowest BCUT2D eigenvalue weighted by Gasteiger charge is -2.28. The van der Waals surface area contributed by atoms with E-state index >= 15 is 0 Å². The minimum Gasteiger partial charge on any atom is -0.378 e. The van der Waals surface area contributed by atoms with Gasteiger partial charge >= 0.3 is 0 Å². The Bertz CT molecular complexity index is 1110. The van der Waals surface area contributed by atoms with Crippen molar-refractivity contribution in [3.63, 3.8) is 0 Å². The maximum absolute atomic E-state index is 12.6. The van der Waals surface area contributed by atoms with Crippen LogP contribution in [-0.2, 0) is 4.74 Å². The van der Waals surface area contributed by atoms with Crippen molar-refractivity contribution >= 4 is 23.9 Å². The summed E-state index contributed by atoms with van der Waals surface area (Å²) in [6.07, 6.45) is 5.86. The van der Waals surface area contributed by atoms with E-state index in [-0.39, 0.29) is 5.91 Å². The van der Waals surface area contributed by atoms with Gasteiger partial charge in [-0.3, -0.25) is 9.78 Å². The highest BCUT2D eigenvalue weighted by atomic mass is 16.5. The van der Waals surface area contributed by atoms with Crippen LogP contribution in [0.2, 0.25) is 0 Å². The first-order valence-electron chi connectivity index (χ1n) is 11.5. The van der Waals surface area contributed by atoms with Gasteiger partial charge in [0.1, 0.15) is 5.82 Å². The molecule has 0 bridgehead atoms. The third-order valence-corrected chi connectivity index (χ3v) is 6.12. The van der Waals surface area contributed by atoms with Crippen LogP contribution in [0.1, 0.15) is 21.6 Å². The number of ether oxygens (including phenoxy) is 1. The van der Waals surface area contributed by atoms with Gasteiger partial charge in [-0.2, -0.15) is 0 Å². The van der Waals surface area contributed by atoms with E-state index in [1.54, 1.807) is 0 Å². The third-order valence-electron chi connectivity index (χ3n) is 6.12. The molecule has 2 aliphatic rings. The van der Waals surface area contributed by atoms with Crippen LogP contribution < -0.4 is 10.2 Å². The minimum absolute atomic E-state index is 0.0642. The Morgan fingerprint density at radius 1 is 0.939 bits per heavy atom. The first-order chi connectivity index (χ1) is 16.3. The van der Waals surface area contributed by atoms with Crippen LogP contribution in [0.4, 0.5) is 5.82 Å². The molecule has 5 rings (SSSR count). The second kappa shape index (κ2) is 10.0. The largest absolute Gasteiger partial charge is 0.378 e. The van der Waals surface area contributed by atoms with Gasteiger partial charge in [0, 0.05) is 62.3 Å². The lowest BCUT2D eigenvalue weighted by molar-refractivity contribution is 0.0303. The fourth-order valence-corrected chi connectivity index (χ4v) is 4.22. The van der Waals surface area contributed by atoms with E-state index < -0.39 is 0 Å². The number of piperazine rings is 1. The van der Waals surface area contributed by atoms with Gasteiger partial charge in [-0.05, 0) is 48.0 Å². The van der Waals surface area contributed by atoms with Crippen molar-refractivity contribution in [3.8, 4) is 11.3 Å². The summed E-state index contributed by atoms with van der Waals surface area (Å²) in [4.78, 5) is 24.9. The lowest BCUT2D eigenvalue weighted by Crippen LogP contribution is -2.43. The van der Waals surface area contributed by atoms with Crippen molar-refractivity contribution in [1.82, 2.24) is 20.2 Å². The van der Waals surface area contributed by atoms with Crippen LogP contribution in [0.3, 0.4) is 0 Å². The topological polar surface area (TPSA) is 73.5 Å². The van der Waals surface area contributed by atoms with Crippen LogP contribution in [0.15, 0.2) is 54.7 Å². The number of carbonyl (C=O) groups is 1. The average Bonchev–Trinajstić information content (AvgIpc) is 3.39.